The third-order valence-electron chi connectivity index (χ3n) is 4.01. The lowest BCUT2D eigenvalue weighted by Gasteiger charge is -2.22. The quantitative estimate of drug-likeness (QED) is 0.782. The van der Waals surface area contributed by atoms with E-state index in [4.69, 9.17) is 0 Å². The standard InChI is InChI=1S/C18H25F2N3/c1-13(2)23-12-16(11-21-23)14(3)22-17(18(19)20)10-9-15-7-5-4-6-8-15/h4-8,11-14,17-18,22H,9-10H2,1-3H3. The summed E-state index contributed by atoms with van der Waals surface area (Å²) in [6.07, 6.45) is 2.33. The second-order valence-corrected chi connectivity index (χ2v) is 6.20. The van der Waals surface area contributed by atoms with E-state index in [1.165, 1.54) is 0 Å². The zero-order chi connectivity index (χ0) is 16.8. The van der Waals surface area contributed by atoms with E-state index in [9.17, 15) is 8.78 Å². The van der Waals surface area contributed by atoms with Gasteiger partial charge in [-0.3, -0.25) is 4.68 Å². The van der Waals surface area contributed by atoms with Crippen molar-refractivity contribution in [1.29, 1.82) is 0 Å². The molecular formula is C18H25F2N3. The maximum Gasteiger partial charge on any atom is 0.253 e. The summed E-state index contributed by atoms with van der Waals surface area (Å²) < 4.78 is 28.5. The van der Waals surface area contributed by atoms with Crippen molar-refractivity contribution >= 4 is 0 Å². The molecule has 0 aliphatic rings. The molecule has 3 nitrogen and oxygen atoms in total. The molecule has 0 radical (unpaired) electrons. The molecule has 126 valence electrons. The van der Waals surface area contributed by atoms with Gasteiger partial charge in [-0.15, -0.1) is 0 Å². The average Bonchev–Trinajstić information content (AvgIpc) is 3.02. The van der Waals surface area contributed by atoms with Gasteiger partial charge < -0.3 is 5.32 Å². The van der Waals surface area contributed by atoms with E-state index in [-0.39, 0.29) is 12.1 Å². The monoisotopic (exact) mass is 321 g/mol. The Balaban J connectivity index is 1.95. The highest BCUT2D eigenvalue weighted by Gasteiger charge is 2.23. The number of rotatable bonds is 8. The third-order valence-corrected chi connectivity index (χ3v) is 4.01. The van der Waals surface area contributed by atoms with Crippen molar-refractivity contribution in [2.24, 2.45) is 0 Å². The molecule has 0 saturated carbocycles. The van der Waals surface area contributed by atoms with Crippen molar-refractivity contribution in [1.82, 2.24) is 15.1 Å². The number of alkyl halides is 2. The van der Waals surface area contributed by atoms with Crippen molar-refractivity contribution in [2.75, 3.05) is 0 Å². The fourth-order valence-electron chi connectivity index (χ4n) is 2.52. The molecule has 2 atom stereocenters. The molecule has 0 aliphatic carbocycles. The minimum Gasteiger partial charge on any atom is -0.302 e. The lowest BCUT2D eigenvalue weighted by Crippen LogP contribution is -2.37. The summed E-state index contributed by atoms with van der Waals surface area (Å²) in [7, 11) is 0. The van der Waals surface area contributed by atoms with Gasteiger partial charge in [0.1, 0.15) is 0 Å². The molecule has 0 spiro atoms. The van der Waals surface area contributed by atoms with Gasteiger partial charge in [-0.1, -0.05) is 30.3 Å². The second kappa shape index (κ2) is 8.20. The number of hydrogen-bond acceptors (Lipinski definition) is 2. The molecule has 2 rings (SSSR count). The molecule has 0 saturated heterocycles. The van der Waals surface area contributed by atoms with Crippen LogP contribution < -0.4 is 5.32 Å². The molecule has 2 aromatic rings. The fraction of sp³-hybridized carbons (Fsp3) is 0.500. The topological polar surface area (TPSA) is 29.9 Å². The summed E-state index contributed by atoms with van der Waals surface area (Å²) in [6.45, 7) is 5.98. The van der Waals surface area contributed by atoms with Crippen molar-refractivity contribution in [2.45, 2.75) is 58.2 Å². The summed E-state index contributed by atoms with van der Waals surface area (Å²) in [6, 6.07) is 9.02. The highest BCUT2D eigenvalue weighted by molar-refractivity contribution is 5.15. The Labute approximate surface area is 136 Å². The molecule has 2 unspecified atom stereocenters. The summed E-state index contributed by atoms with van der Waals surface area (Å²) in [5.41, 5.74) is 2.02. The molecule has 1 heterocycles. The van der Waals surface area contributed by atoms with E-state index in [1.54, 1.807) is 6.20 Å². The van der Waals surface area contributed by atoms with Crippen LogP contribution in [-0.2, 0) is 6.42 Å². The molecule has 0 amide bonds. The zero-order valence-corrected chi connectivity index (χ0v) is 13.9. The van der Waals surface area contributed by atoms with Gasteiger partial charge in [0.05, 0.1) is 12.2 Å². The first-order chi connectivity index (χ1) is 11.0. The van der Waals surface area contributed by atoms with Crippen molar-refractivity contribution in [3.63, 3.8) is 0 Å². The van der Waals surface area contributed by atoms with Gasteiger partial charge in [-0.2, -0.15) is 5.10 Å². The smallest absolute Gasteiger partial charge is 0.253 e. The fourth-order valence-corrected chi connectivity index (χ4v) is 2.52. The van der Waals surface area contributed by atoms with Gasteiger partial charge in [0.2, 0.25) is 0 Å². The van der Waals surface area contributed by atoms with Crippen LogP contribution in [0.2, 0.25) is 0 Å². The summed E-state index contributed by atoms with van der Waals surface area (Å²) in [5, 5.41) is 7.32. The molecule has 0 aliphatic heterocycles. The van der Waals surface area contributed by atoms with E-state index in [0.717, 1.165) is 11.1 Å². The first-order valence-corrected chi connectivity index (χ1v) is 8.09. The van der Waals surface area contributed by atoms with Gasteiger partial charge >= 0.3 is 0 Å². The van der Waals surface area contributed by atoms with E-state index in [2.05, 4.69) is 10.4 Å². The Kier molecular flexibility index (Phi) is 6.28. The number of hydrogen-bond donors (Lipinski definition) is 1. The SMILES string of the molecule is CC(NC(CCc1ccccc1)C(F)F)c1cnn(C(C)C)c1. The van der Waals surface area contributed by atoms with Crippen LogP contribution in [0.25, 0.3) is 0 Å². The minimum atomic E-state index is -2.39. The number of nitrogens with one attached hydrogen (secondary N) is 1. The first kappa shape index (κ1) is 17.6. The summed E-state index contributed by atoms with van der Waals surface area (Å²) in [5.74, 6) is 0. The summed E-state index contributed by atoms with van der Waals surface area (Å²) in [4.78, 5) is 0. The van der Waals surface area contributed by atoms with Crippen molar-refractivity contribution < 1.29 is 8.78 Å². The predicted molar refractivity (Wildman–Crippen MR) is 88.7 cm³/mol. The maximum absolute atomic E-state index is 13.3. The van der Waals surface area contributed by atoms with Gasteiger partial charge in [0, 0.05) is 23.8 Å². The normalized spacial score (nSPS) is 14.4. The van der Waals surface area contributed by atoms with Crippen LogP contribution in [0.4, 0.5) is 8.78 Å². The Bertz CT molecular complexity index is 581. The Morgan fingerprint density at radius 3 is 2.39 bits per heavy atom. The largest absolute Gasteiger partial charge is 0.302 e. The highest BCUT2D eigenvalue weighted by atomic mass is 19.3. The predicted octanol–water partition coefficient (Wildman–Crippen LogP) is 4.38. The maximum atomic E-state index is 13.3. The van der Waals surface area contributed by atoms with Crippen LogP contribution in [-0.4, -0.2) is 22.2 Å². The molecule has 5 heteroatoms. The highest BCUT2D eigenvalue weighted by Crippen LogP contribution is 2.18. The molecule has 23 heavy (non-hydrogen) atoms. The Morgan fingerprint density at radius 1 is 1.13 bits per heavy atom. The van der Waals surface area contributed by atoms with Crippen LogP contribution >= 0.6 is 0 Å². The van der Waals surface area contributed by atoms with E-state index >= 15 is 0 Å². The van der Waals surface area contributed by atoms with Gasteiger partial charge in [-0.25, -0.2) is 8.78 Å². The van der Waals surface area contributed by atoms with Gasteiger partial charge in [0.15, 0.2) is 0 Å². The van der Waals surface area contributed by atoms with Gasteiger partial charge in [-0.05, 0) is 39.2 Å². The molecule has 1 aromatic heterocycles. The Hall–Kier alpha value is -1.75. The van der Waals surface area contributed by atoms with Crippen LogP contribution in [0.5, 0.6) is 0 Å². The van der Waals surface area contributed by atoms with E-state index in [0.29, 0.717) is 12.8 Å². The van der Waals surface area contributed by atoms with Crippen molar-refractivity contribution in [3.05, 3.63) is 53.9 Å². The van der Waals surface area contributed by atoms with Crippen molar-refractivity contribution in [3.8, 4) is 0 Å². The van der Waals surface area contributed by atoms with Crippen LogP contribution in [0.15, 0.2) is 42.7 Å². The van der Waals surface area contributed by atoms with Crippen LogP contribution in [0.3, 0.4) is 0 Å². The average molecular weight is 321 g/mol. The number of halogens is 2. The molecular weight excluding hydrogens is 296 g/mol. The number of nitrogens with zero attached hydrogens (tertiary/aromatic N) is 2. The lowest BCUT2D eigenvalue weighted by molar-refractivity contribution is 0.0888. The first-order valence-electron chi connectivity index (χ1n) is 8.09. The minimum absolute atomic E-state index is 0.155. The molecule has 1 aromatic carbocycles. The van der Waals surface area contributed by atoms with Gasteiger partial charge in [0.25, 0.3) is 6.43 Å². The van der Waals surface area contributed by atoms with E-state index in [1.807, 2.05) is 62.0 Å². The Morgan fingerprint density at radius 2 is 1.83 bits per heavy atom. The summed E-state index contributed by atoms with van der Waals surface area (Å²) >= 11 is 0. The van der Waals surface area contributed by atoms with Crippen LogP contribution in [0.1, 0.15) is 50.4 Å². The second-order valence-electron chi connectivity index (χ2n) is 6.20. The van der Waals surface area contributed by atoms with Crippen LogP contribution in [0, 0.1) is 0 Å². The molecule has 1 N–H and O–H groups in total. The number of aromatic nitrogens is 2. The third kappa shape index (κ3) is 5.13. The molecule has 0 bridgehead atoms. The lowest BCUT2D eigenvalue weighted by atomic mass is 10.0. The molecule has 0 fully saturated rings. The zero-order valence-electron chi connectivity index (χ0n) is 13.9. The number of aryl methyl sites for hydroxylation is 1. The van der Waals surface area contributed by atoms with E-state index < -0.39 is 12.5 Å². The number of benzene rings is 1.